The summed E-state index contributed by atoms with van der Waals surface area (Å²) in [5.74, 6) is -1.86. The van der Waals surface area contributed by atoms with Crippen LogP contribution in [0.4, 0.5) is 8.78 Å². The molecule has 0 saturated carbocycles. The second-order valence-electron chi connectivity index (χ2n) is 5.05. The van der Waals surface area contributed by atoms with Crippen molar-refractivity contribution in [3.63, 3.8) is 0 Å². The van der Waals surface area contributed by atoms with E-state index in [4.69, 9.17) is 4.74 Å². The van der Waals surface area contributed by atoms with E-state index in [9.17, 15) is 13.6 Å². The lowest BCUT2D eigenvalue weighted by Crippen LogP contribution is -2.40. The number of ketones is 1. The first kappa shape index (κ1) is 15.1. The number of hydrogen-bond donors (Lipinski definition) is 1. The number of ether oxygens (including phenoxy) is 1. The van der Waals surface area contributed by atoms with Crippen molar-refractivity contribution in [1.82, 2.24) is 5.32 Å². The van der Waals surface area contributed by atoms with Gasteiger partial charge in [-0.05, 0) is 25.1 Å². The Balaban J connectivity index is 2.04. The van der Waals surface area contributed by atoms with E-state index in [2.05, 4.69) is 5.32 Å². The van der Waals surface area contributed by atoms with Crippen LogP contribution < -0.4 is 5.32 Å². The first-order valence-electron chi connectivity index (χ1n) is 6.90. The van der Waals surface area contributed by atoms with Crippen molar-refractivity contribution in [3.05, 3.63) is 35.4 Å². The van der Waals surface area contributed by atoms with E-state index < -0.39 is 11.6 Å². The van der Waals surface area contributed by atoms with Crippen LogP contribution in [0.15, 0.2) is 18.2 Å². The molecule has 1 aromatic carbocycles. The van der Waals surface area contributed by atoms with Gasteiger partial charge in [-0.25, -0.2) is 8.78 Å². The quantitative estimate of drug-likeness (QED) is 0.869. The van der Waals surface area contributed by atoms with Gasteiger partial charge in [0.25, 0.3) is 0 Å². The Bertz CT molecular complexity index is 459. The minimum Gasteiger partial charge on any atom is -0.379 e. The molecule has 3 nitrogen and oxygen atoms in total. The standard InChI is InChI=1S/C15H19F2NO2/c1-2-6-18-14-9-20-8-11(14)15(19)7-10-12(16)4-3-5-13(10)17/h3-5,11,14,18H,2,6-9H2,1H3. The molecule has 0 spiro atoms. The van der Waals surface area contributed by atoms with Gasteiger partial charge in [-0.2, -0.15) is 0 Å². The summed E-state index contributed by atoms with van der Waals surface area (Å²) >= 11 is 0. The first-order valence-corrected chi connectivity index (χ1v) is 6.90. The predicted octanol–water partition coefficient (Wildman–Crippen LogP) is 2.09. The number of carbonyl (C=O) groups excluding carboxylic acids is 1. The maximum atomic E-state index is 13.6. The van der Waals surface area contributed by atoms with Gasteiger partial charge in [-0.3, -0.25) is 4.79 Å². The smallest absolute Gasteiger partial charge is 0.144 e. The summed E-state index contributed by atoms with van der Waals surface area (Å²) < 4.78 is 32.4. The van der Waals surface area contributed by atoms with Gasteiger partial charge >= 0.3 is 0 Å². The second kappa shape index (κ2) is 6.90. The van der Waals surface area contributed by atoms with Crippen molar-refractivity contribution in [2.45, 2.75) is 25.8 Å². The van der Waals surface area contributed by atoms with Crippen molar-refractivity contribution in [3.8, 4) is 0 Å². The summed E-state index contributed by atoms with van der Waals surface area (Å²) in [4.78, 5) is 12.2. The lowest BCUT2D eigenvalue weighted by atomic mass is 9.93. The van der Waals surface area contributed by atoms with Crippen LogP contribution in [0.2, 0.25) is 0 Å². The number of nitrogens with one attached hydrogen (secondary N) is 1. The highest BCUT2D eigenvalue weighted by molar-refractivity contribution is 5.84. The van der Waals surface area contributed by atoms with Crippen molar-refractivity contribution in [1.29, 1.82) is 0 Å². The third-order valence-electron chi connectivity index (χ3n) is 3.56. The minimum atomic E-state index is -0.671. The number of Topliss-reactive ketones (excluding diaryl/α,β-unsaturated/α-hetero) is 1. The van der Waals surface area contributed by atoms with Crippen LogP contribution in [-0.4, -0.2) is 31.6 Å². The van der Waals surface area contributed by atoms with E-state index >= 15 is 0 Å². The zero-order valence-corrected chi connectivity index (χ0v) is 11.5. The molecule has 110 valence electrons. The largest absolute Gasteiger partial charge is 0.379 e. The molecule has 2 atom stereocenters. The summed E-state index contributed by atoms with van der Waals surface area (Å²) in [7, 11) is 0. The SMILES string of the molecule is CCCNC1COCC1C(=O)Cc1c(F)cccc1F. The van der Waals surface area contributed by atoms with Crippen molar-refractivity contribution >= 4 is 5.78 Å². The monoisotopic (exact) mass is 283 g/mol. The van der Waals surface area contributed by atoms with Crippen LogP contribution in [0.25, 0.3) is 0 Å². The highest BCUT2D eigenvalue weighted by Gasteiger charge is 2.33. The molecule has 1 saturated heterocycles. The van der Waals surface area contributed by atoms with Gasteiger partial charge in [0.15, 0.2) is 0 Å². The molecule has 0 bridgehead atoms. The fourth-order valence-electron chi connectivity index (χ4n) is 2.41. The molecule has 0 aliphatic carbocycles. The number of benzene rings is 1. The molecule has 20 heavy (non-hydrogen) atoms. The molecule has 2 rings (SSSR count). The fraction of sp³-hybridized carbons (Fsp3) is 0.533. The van der Waals surface area contributed by atoms with Gasteiger partial charge in [0.1, 0.15) is 17.4 Å². The number of carbonyl (C=O) groups is 1. The third-order valence-corrected chi connectivity index (χ3v) is 3.56. The normalized spacial score (nSPS) is 22.1. The highest BCUT2D eigenvalue weighted by atomic mass is 19.1. The number of rotatable bonds is 6. The van der Waals surface area contributed by atoms with Crippen molar-refractivity contribution in [2.24, 2.45) is 5.92 Å². The molecule has 1 aromatic rings. The average Bonchev–Trinajstić information content (AvgIpc) is 2.89. The van der Waals surface area contributed by atoms with E-state index in [1.54, 1.807) is 0 Å². The molecule has 0 amide bonds. The average molecular weight is 283 g/mol. The van der Waals surface area contributed by atoms with E-state index in [0.29, 0.717) is 13.2 Å². The Labute approximate surface area is 117 Å². The summed E-state index contributed by atoms with van der Waals surface area (Å²) in [6.45, 7) is 3.62. The lowest BCUT2D eigenvalue weighted by Gasteiger charge is -2.18. The summed E-state index contributed by atoms with van der Waals surface area (Å²) in [6.07, 6.45) is 0.732. The lowest BCUT2D eigenvalue weighted by molar-refractivity contribution is -0.122. The molecular weight excluding hydrogens is 264 g/mol. The van der Waals surface area contributed by atoms with Gasteiger partial charge in [-0.1, -0.05) is 13.0 Å². The predicted molar refractivity (Wildman–Crippen MR) is 71.5 cm³/mol. The van der Waals surface area contributed by atoms with E-state index in [1.165, 1.54) is 18.2 Å². The van der Waals surface area contributed by atoms with Crippen LogP contribution in [-0.2, 0) is 16.0 Å². The summed E-state index contributed by atoms with van der Waals surface area (Å²) in [5, 5.41) is 3.24. The molecule has 5 heteroatoms. The summed E-state index contributed by atoms with van der Waals surface area (Å²) in [6, 6.07) is 3.58. The van der Waals surface area contributed by atoms with Crippen LogP contribution in [0, 0.1) is 17.6 Å². The van der Waals surface area contributed by atoms with Gasteiger partial charge in [0.05, 0.1) is 19.1 Å². The van der Waals surface area contributed by atoms with Gasteiger partial charge in [0, 0.05) is 18.0 Å². The Morgan fingerprint density at radius 1 is 1.35 bits per heavy atom. The first-order chi connectivity index (χ1) is 9.63. The molecular formula is C15H19F2NO2. The zero-order chi connectivity index (χ0) is 14.5. The topological polar surface area (TPSA) is 38.3 Å². The van der Waals surface area contributed by atoms with Gasteiger partial charge in [0.2, 0.25) is 0 Å². The van der Waals surface area contributed by atoms with Crippen molar-refractivity contribution < 1.29 is 18.3 Å². The fourth-order valence-corrected chi connectivity index (χ4v) is 2.41. The van der Waals surface area contributed by atoms with Crippen molar-refractivity contribution in [2.75, 3.05) is 19.8 Å². The van der Waals surface area contributed by atoms with Crippen LogP contribution in [0.5, 0.6) is 0 Å². The maximum Gasteiger partial charge on any atom is 0.144 e. The van der Waals surface area contributed by atoms with Gasteiger partial charge < -0.3 is 10.1 Å². The molecule has 1 fully saturated rings. The maximum absolute atomic E-state index is 13.6. The molecule has 0 aromatic heterocycles. The van der Waals surface area contributed by atoms with Gasteiger partial charge in [-0.15, -0.1) is 0 Å². The Hall–Kier alpha value is -1.33. The molecule has 1 aliphatic rings. The second-order valence-corrected chi connectivity index (χ2v) is 5.05. The minimum absolute atomic E-state index is 0.0581. The molecule has 1 N–H and O–H groups in total. The number of hydrogen-bond acceptors (Lipinski definition) is 3. The Kier molecular flexibility index (Phi) is 5.20. The zero-order valence-electron chi connectivity index (χ0n) is 11.5. The number of halogens is 2. The van der Waals surface area contributed by atoms with E-state index in [0.717, 1.165) is 13.0 Å². The Morgan fingerprint density at radius 3 is 2.70 bits per heavy atom. The highest BCUT2D eigenvalue weighted by Crippen LogP contribution is 2.20. The van der Waals surface area contributed by atoms with E-state index in [1.807, 2.05) is 6.92 Å². The Morgan fingerprint density at radius 2 is 2.05 bits per heavy atom. The molecule has 0 radical (unpaired) electrons. The molecule has 1 aliphatic heterocycles. The third kappa shape index (κ3) is 3.41. The molecule has 1 heterocycles. The van der Waals surface area contributed by atoms with Crippen LogP contribution in [0.3, 0.4) is 0 Å². The summed E-state index contributed by atoms with van der Waals surface area (Å²) in [5.41, 5.74) is -0.154. The van der Waals surface area contributed by atoms with Crippen LogP contribution >= 0.6 is 0 Å². The van der Waals surface area contributed by atoms with E-state index in [-0.39, 0.29) is 29.7 Å². The van der Waals surface area contributed by atoms with Crippen LogP contribution in [0.1, 0.15) is 18.9 Å². The molecule has 2 unspecified atom stereocenters.